The largest absolute Gasteiger partial charge is 0.418 e. The van der Waals surface area contributed by atoms with Gasteiger partial charge in [0.25, 0.3) is 5.56 Å². The van der Waals surface area contributed by atoms with Crippen molar-refractivity contribution in [2.24, 2.45) is 11.1 Å². The van der Waals surface area contributed by atoms with Gasteiger partial charge in [-0.25, -0.2) is 4.98 Å². The number of aryl methyl sites for hydroxylation is 1. The number of para-hydroxylation sites is 1. The third-order valence-electron chi connectivity index (χ3n) is 7.46. The molecule has 5 nitrogen and oxygen atoms in total. The summed E-state index contributed by atoms with van der Waals surface area (Å²) in [5.41, 5.74) is 8.13. The van der Waals surface area contributed by atoms with Crippen LogP contribution in [0.15, 0.2) is 53.3 Å². The van der Waals surface area contributed by atoms with Gasteiger partial charge in [-0.15, -0.1) is 6.42 Å². The molecule has 8 heteroatoms. The molecular formula is C27H25F3N4O. The highest BCUT2D eigenvalue weighted by molar-refractivity contribution is 5.48. The monoisotopic (exact) mass is 478 g/mol. The number of rotatable bonds is 2. The number of aromatic nitrogens is 2. The van der Waals surface area contributed by atoms with Crippen LogP contribution >= 0.6 is 0 Å². The van der Waals surface area contributed by atoms with Gasteiger partial charge in [0.15, 0.2) is 0 Å². The zero-order chi connectivity index (χ0) is 25.0. The normalized spacial score (nSPS) is 19.0. The number of nitrogens with zero attached hydrogens (tertiary/aromatic N) is 3. The number of nitrogens with two attached hydrogens (primary N) is 1. The summed E-state index contributed by atoms with van der Waals surface area (Å²) in [5.74, 6) is 3.35. The Labute approximate surface area is 201 Å². The number of anilines is 1. The van der Waals surface area contributed by atoms with Crippen LogP contribution in [0.3, 0.4) is 0 Å². The summed E-state index contributed by atoms with van der Waals surface area (Å²) in [4.78, 5) is 19.5. The predicted molar refractivity (Wildman–Crippen MR) is 128 cm³/mol. The van der Waals surface area contributed by atoms with Crippen LogP contribution < -0.4 is 16.2 Å². The van der Waals surface area contributed by atoms with Crippen LogP contribution in [-0.2, 0) is 12.6 Å². The second-order valence-corrected chi connectivity index (χ2v) is 9.41. The van der Waals surface area contributed by atoms with E-state index in [2.05, 4.69) is 17.0 Å². The zero-order valence-electron chi connectivity index (χ0n) is 19.3. The molecule has 1 saturated heterocycles. The SMILES string of the molecule is C#Cc1ccc2c(c1)[C@@H](N)C1(CCN(c3cc(=O)n(-c4ccccc4C(F)(F)F)c(C)n3)CC1)C2. The Kier molecular flexibility index (Phi) is 5.48. The van der Waals surface area contributed by atoms with Crippen molar-refractivity contribution in [3.63, 3.8) is 0 Å². The van der Waals surface area contributed by atoms with E-state index in [1.54, 1.807) is 6.92 Å². The molecule has 1 aliphatic carbocycles. The summed E-state index contributed by atoms with van der Waals surface area (Å²) in [6.07, 6.45) is 3.48. The van der Waals surface area contributed by atoms with Gasteiger partial charge in [-0.1, -0.05) is 24.1 Å². The lowest BCUT2D eigenvalue weighted by atomic mass is 9.73. The number of halogens is 3. The molecule has 2 aliphatic rings. The number of fused-ring (bicyclic) bond motifs is 1. The molecule has 1 aromatic heterocycles. The number of hydrogen-bond acceptors (Lipinski definition) is 4. The highest BCUT2D eigenvalue weighted by atomic mass is 19.4. The Bertz CT molecular complexity index is 1390. The molecule has 5 rings (SSSR count). The van der Waals surface area contributed by atoms with Crippen molar-refractivity contribution >= 4 is 5.82 Å². The van der Waals surface area contributed by atoms with Crippen LogP contribution in [0.5, 0.6) is 0 Å². The maximum Gasteiger partial charge on any atom is 0.418 e. The summed E-state index contributed by atoms with van der Waals surface area (Å²) in [5, 5.41) is 0. The molecule has 0 saturated carbocycles. The van der Waals surface area contributed by atoms with Crippen molar-refractivity contribution in [2.75, 3.05) is 18.0 Å². The minimum Gasteiger partial charge on any atom is -0.356 e. The van der Waals surface area contributed by atoms with E-state index in [-0.39, 0.29) is 23.0 Å². The van der Waals surface area contributed by atoms with E-state index in [4.69, 9.17) is 12.2 Å². The number of alkyl halides is 3. The Morgan fingerprint density at radius 2 is 1.86 bits per heavy atom. The van der Waals surface area contributed by atoms with Crippen molar-refractivity contribution in [3.05, 3.63) is 87.0 Å². The summed E-state index contributed by atoms with van der Waals surface area (Å²) < 4.78 is 41.6. The number of benzene rings is 2. The van der Waals surface area contributed by atoms with Gasteiger partial charge in [0.2, 0.25) is 0 Å². The van der Waals surface area contributed by atoms with E-state index in [9.17, 15) is 18.0 Å². The molecule has 180 valence electrons. The van der Waals surface area contributed by atoms with Crippen LogP contribution in [0.4, 0.5) is 19.0 Å². The number of terminal acetylenes is 1. The van der Waals surface area contributed by atoms with E-state index < -0.39 is 17.3 Å². The second-order valence-electron chi connectivity index (χ2n) is 9.41. The van der Waals surface area contributed by atoms with Gasteiger partial charge in [-0.05, 0) is 67.0 Å². The lowest BCUT2D eigenvalue weighted by Crippen LogP contribution is -2.45. The third kappa shape index (κ3) is 3.90. The molecule has 1 fully saturated rings. The van der Waals surface area contributed by atoms with E-state index in [0.717, 1.165) is 41.0 Å². The van der Waals surface area contributed by atoms with Gasteiger partial charge in [-0.3, -0.25) is 9.36 Å². The third-order valence-corrected chi connectivity index (χ3v) is 7.46. The smallest absolute Gasteiger partial charge is 0.356 e. The summed E-state index contributed by atoms with van der Waals surface area (Å²) in [6.45, 7) is 2.85. The molecular weight excluding hydrogens is 453 g/mol. The molecule has 1 atom stereocenters. The first-order valence-corrected chi connectivity index (χ1v) is 11.5. The van der Waals surface area contributed by atoms with Gasteiger partial charge < -0.3 is 10.6 Å². The van der Waals surface area contributed by atoms with Crippen LogP contribution in [0.1, 0.15) is 47.0 Å². The molecule has 1 spiro atoms. The van der Waals surface area contributed by atoms with E-state index in [1.165, 1.54) is 29.8 Å². The Morgan fingerprint density at radius 1 is 1.14 bits per heavy atom. The minimum atomic E-state index is -4.58. The zero-order valence-corrected chi connectivity index (χ0v) is 19.3. The fraction of sp³-hybridized carbons (Fsp3) is 0.333. The molecule has 0 amide bonds. The van der Waals surface area contributed by atoms with E-state index in [0.29, 0.717) is 18.9 Å². The molecule has 1 aliphatic heterocycles. The van der Waals surface area contributed by atoms with Gasteiger partial charge in [0, 0.05) is 30.8 Å². The van der Waals surface area contributed by atoms with Crippen LogP contribution in [-0.4, -0.2) is 22.6 Å². The molecule has 2 heterocycles. The fourth-order valence-corrected chi connectivity index (χ4v) is 5.57. The number of hydrogen-bond donors (Lipinski definition) is 1. The molecule has 0 unspecified atom stereocenters. The van der Waals surface area contributed by atoms with E-state index in [1.807, 2.05) is 17.0 Å². The topological polar surface area (TPSA) is 64.2 Å². The first-order chi connectivity index (χ1) is 16.6. The minimum absolute atomic E-state index is 0.0816. The molecule has 2 N–H and O–H groups in total. The maximum atomic E-state index is 13.5. The molecule has 0 bridgehead atoms. The first kappa shape index (κ1) is 23.2. The van der Waals surface area contributed by atoms with Crippen LogP contribution in [0.25, 0.3) is 5.69 Å². The summed E-state index contributed by atoms with van der Waals surface area (Å²) in [6, 6.07) is 12.2. The summed E-state index contributed by atoms with van der Waals surface area (Å²) >= 11 is 0. The van der Waals surface area contributed by atoms with Crippen molar-refractivity contribution in [3.8, 4) is 18.0 Å². The average molecular weight is 479 g/mol. The lowest BCUT2D eigenvalue weighted by Gasteiger charge is -2.42. The van der Waals surface area contributed by atoms with Gasteiger partial charge in [-0.2, -0.15) is 13.2 Å². The number of piperidine rings is 1. The summed E-state index contributed by atoms with van der Waals surface area (Å²) in [7, 11) is 0. The molecule has 3 aromatic rings. The van der Waals surface area contributed by atoms with Gasteiger partial charge >= 0.3 is 6.18 Å². The first-order valence-electron chi connectivity index (χ1n) is 11.5. The van der Waals surface area contributed by atoms with E-state index >= 15 is 0 Å². The highest BCUT2D eigenvalue weighted by Gasteiger charge is 2.46. The van der Waals surface area contributed by atoms with Crippen molar-refractivity contribution < 1.29 is 13.2 Å². The Balaban J connectivity index is 1.40. The Morgan fingerprint density at radius 3 is 2.51 bits per heavy atom. The van der Waals surface area contributed by atoms with Gasteiger partial charge in [0.1, 0.15) is 11.6 Å². The predicted octanol–water partition coefficient (Wildman–Crippen LogP) is 4.38. The second kappa shape index (κ2) is 8.28. The van der Waals surface area contributed by atoms with Crippen LogP contribution in [0.2, 0.25) is 0 Å². The average Bonchev–Trinajstić information content (AvgIpc) is 3.09. The van der Waals surface area contributed by atoms with Crippen molar-refractivity contribution in [1.29, 1.82) is 0 Å². The van der Waals surface area contributed by atoms with Crippen molar-refractivity contribution in [2.45, 2.75) is 38.4 Å². The molecule has 0 radical (unpaired) electrons. The highest BCUT2D eigenvalue weighted by Crippen LogP contribution is 2.51. The molecule has 2 aromatic carbocycles. The van der Waals surface area contributed by atoms with Gasteiger partial charge in [0.05, 0.1) is 11.3 Å². The maximum absolute atomic E-state index is 13.5. The lowest BCUT2D eigenvalue weighted by molar-refractivity contribution is -0.137. The standard InChI is InChI=1S/C27H25F3N4O/c1-3-18-8-9-19-16-26(25(31)20(19)14-18)10-12-33(13-11-26)23-15-24(35)34(17(2)32-23)22-7-5-4-6-21(22)27(28,29)30/h1,4-9,14-15,25H,10-13,16,31H2,2H3/t25-/m1/s1. The van der Waals surface area contributed by atoms with Crippen LogP contribution in [0, 0.1) is 24.7 Å². The Hall–Kier alpha value is -3.57. The fourth-order valence-electron chi connectivity index (χ4n) is 5.57. The van der Waals surface area contributed by atoms with Crippen molar-refractivity contribution in [1.82, 2.24) is 9.55 Å². The quantitative estimate of drug-likeness (QED) is 0.555. The molecule has 35 heavy (non-hydrogen) atoms.